The lowest BCUT2D eigenvalue weighted by Crippen LogP contribution is -2.08. The van der Waals surface area contributed by atoms with Crippen LogP contribution >= 0.6 is 12.4 Å². The molecule has 4 nitrogen and oxygen atoms in total. The molecule has 0 unspecified atom stereocenters. The molecule has 0 saturated carbocycles. The maximum absolute atomic E-state index is 4.46. The summed E-state index contributed by atoms with van der Waals surface area (Å²) in [7, 11) is 0. The van der Waals surface area contributed by atoms with Gasteiger partial charge in [0.2, 0.25) is 0 Å². The third kappa shape index (κ3) is 3.71. The van der Waals surface area contributed by atoms with Crippen molar-refractivity contribution in [2.24, 2.45) is 0 Å². The maximum Gasteiger partial charge on any atom is 0.137 e. The van der Waals surface area contributed by atoms with Crippen LogP contribution in [0.25, 0.3) is 21.7 Å². The molecule has 0 bridgehead atoms. The van der Waals surface area contributed by atoms with E-state index >= 15 is 0 Å². The second-order valence-electron chi connectivity index (χ2n) is 5.72. The van der Waals surface area contributed by atoms with Crippen LogP contribution in [0, 0.1) is 0 Å². The maximum atomic E-state index is 4.46. The Kier molecular flexibility index (Phi) is 5.91. The van der Waals surface area contributed by atoms with Gasteiger partial charge in [0.15, 0.2) is 0 Å². The number of benzene rings is 3. The van der Waals surface area contributed by atoms with Crippen LogP contribution in [-0.2, 0) is 0 Å². The van der Waals surface area contributed by atoms with E-state index in [1.54, 1.807) is 6.33 Å². The second-order valence-corrected chi connectivity index (χ2v) is 5.72. The van der Waals surface area contributed by atoms with Gasteiger partial charge in [0.25, 0.3) is 0 Å². The largest absolute Gasteiger partial charge is 0.412 e. The second kappa shape index (κ2) is 7.92. The van der Waals surface area contributed by atoms with Crippen molar-refractivity contribution >= 4 is 39.9 Å². The Morgan fingerprint density at radius 3 is 2.20 bits per heavy atom. The van der Waals surface area contributed by atoms with Gasteiger partial charge in [-0.3, -0.25) is 0 Å². The van der Waals surface area contributed by atoms with Gasteiger partial charge in [-0.25, -0.2) is 9.97 Å². The third-order valence-corrected chi connectivity index (χ3v) is 4.16. The molecule has 1 atom stereocenters. The fourth-order valence-electron chi connectivity index (χ4n) is 2.89. The smallest absolute Gasteiger partial charge is 0.137 e. The fourth-order valence-corrected chi connectivity index (χ4v) is 2.89. The minimum absolute atomic E-state index is 0. The van der Waals surface area contributed by atoms with Crippen LogP contribution in [0.3, 0.4) is 0 Å². The Labute approximate surface area is 152 Å². The molecular weight excluding hydrogens is 334 g/mol. The molecule has 3 N–H and O–H groups in total. The first-order valence-electron chi connectivity index (χ1n) is 7.76. The van der Waals surface area contributed by atoms with Crippen molar-refractivity contribution in [3.8, 4) is 0 Å². The highest BCUT2D eigenvalue weighted by atomic mass is 35.5. The first-order valence-corrected chi connectivity index (χ1v) is 7.76. The topological polar surface area (TPSA) is 69.3 Å². The van der Waals surface area contributed by atoms with Crippen LogP contribution in [0.15, 0.2) is 73.1 Å². The van der Waals surface area contributed by atoms with Gasteiger partial charge in [0.1, 0.15) is 12.1 Å². The molecule has 0 radical (unpaired) electrons. The molecule has 25 heavy (non-hydrogen) atoms. The van der Waals surface area contributed by atoms with Crippen LogP contribution in [0.4, 0.5) is 5.82 Å². The van der Waals surface area contributed by atoms with Gasteiger partial charge >= 0.3 is 0 Å². The van der Waals surface area contributed by atoms with Gasteiger partial charge in [-0.1, -0.05) is 54.6 Å². The van der Waals surface area contributed by atoms with Gasteiger partial charge in [-0.05, 0) is 35.4 Å². The molecule has 1 aromatic heterocycles. The van der Waals surface area contributed by atoms with Gasteiger partial charge in [-0.15, -0.1) is 12.4 Å². The highest BCUT2D eigenvalue weighted by Gasteiger charge is 2.09. The number of nitrogens with zero attached hydrogens (tertiary/aromatic N) is 2. The summed E-state index contributed by atoms with van der Waals surface area (Å²) in [4.78, 5) is 8.88. The minimum atomic E-state index is 0. The zero-order chi connectivity index (χ0) is 15.6. The first kappa shape index (κ1) is 18.6. The molecule has 0 amide bonds. The van der Waals surface area contributed by atoms with Crippen LogP contribution in [0.5, 0.6) is 0 Å². The quantitative estimate of drug-likeness (QED) is 0.549. The van der Waals surface area contributed by atoms with Crippen molar-refractivity contribution in [2.75, 3.05) is 5.32 Å². The molecule has 0 aliphatic carbocycles. The zero-order valence-corrected chi connectivity index (χ0v) is 14.6. The summed E-state index contributed by atoms with van der Waals surface area (Å²) in [5.41, 5.74) is 2.20. The number of fused-ring (bicyclic) bond motifs is 2. The van der Waals surface area contributed by atoms with Gasteiger partial charge in [0.05, 0.1) is 5.52 Å². The summed E-state index contributed by atoms with van der Waals surface area (Å²) in [5.74, 6) is 0.872. The van der Waals surface area contributed by atoms with E-state index in [2.05, 4.69) is 76.8 Å². The van der Waals surface area contributed by atoms with Crippen LogP contribution in [0.1, 0.15) is 18.5 Å². The summed E-state index contributed by atoms with van der Waals surface area (Å²) in [6.45, 7) is 2.14. The summed E-state index contributed by atoms with van der Waals surface area (Å²) >= 11 is 0. The molecular formula is C20H20ClN3O. The Morgan fingerprint density at radius 2 is 1.48 bits per heavy atom. The molecule has 0 saturated heterocycles. The number of aromatic nitrogens is 2. The van der Waals surface area contributed by atoms with Gasteiger partial charge in [0, 0.05) is 11.4 Å². The lowest BCUT2D eigenvalue weighted by atomic mass is 10.1. The first-order chi connectivity index (χ1) is 11.3. The van der Waals surface area contributed by atoms with E-state index in [4.69, 9.17) is 0 Å². The summed E-state index contributed by atoms with van der Waals surface area (Å²) in [5, 5.41) is 6.96. The molecule has 0 fully saturated rings. The Bertz CT molecular complexity index is 976. The van der Waals surface area contributed by atoms with E-state index in [-0.39, 0.29) is 23.9 Å². The SMILES string of the molecule is C[C@@H](Nc1ncnc2cc3ccccc3cc12)c1ccccc1.Cl.O. The Morgan fingerprint density at radius 1 is 0.840 bits per heavy atom. The predicted molar refractivity (Wildman–Crippen MR) is 106 cm³/mol. The Hall–Kier alpha value is -2.69. The van der Waals surface area contributed by atoms with Crippen molar-refractivity contribution in [1.29, 1.82) is 0 Å². The summed E-state index contributed by atoms with van der Waals surface area (Å²) < 4.78 is 0. The van der Waals surface area contributed by atoms with Crippen molar-refractivity contribution in [3.05, 3.63) is 78.6 Å². The molecule has 0 spiro atoms. The number of nitrogens with one attached hydrogen (secondary N) is 1. The normalized spacial score (nSPS) is 11.4. The highest BCUT2D eigenvalue weighted by Crippen LogP contribution is 2.27. The number of halogens is 1. The Balaban J connectivity index is 0.00000113. The molecule has 0 aliphatic heterocycles. The van der Waals surface area contributed by atoms with Crippen LogP contribution < -0.4 is 5.32 Å². The lowest BCUT2D eigenvalue weighted by molar-refractivity contribution is 0.824. The molecule has 128 valence electrons. The van der Waals surface area contributed by atoms with E-state index in [0.717, 1.165) is 16.7 Å². The number of hydrogen-bond acceptors (Lipinski definition) is 3. The number of hydrogen-bond donors (Lipinski definition) is 1. The lowest BCUT2D eigenvalue weighted by Gasteiger charge is -2.16. The number of anilines is 1. The van der Waals surface area contributed by atoms with Gasteiger partial charge < -0.3 is 10.8 Å². The van der Waals surface area contributed by atoms with Crippen LogP contribution in [0.2, 0.25) is 0 Å². The molecule has 1 heterocycles. The summed E-state index contributed by atoms with van der Waals surface area (Å²) in [6.07, 6.45) is 1.62. The van der Waals surface area contributed by atoms with Crippen molar-refractivity contribution < 1.29 is 5.48 Å². The fraction of sp³-hybridized carbons (Fsp3) is 0.100. The monoisotopic (exact) mass is 353 g/mol. The molecule has 4 aromatic rings. The van der Waals surface area contributed by atoms with E-state index < -0.39 is 0 Å². The molecule has 3 aromatic carbocycles. The van der Waals surface area contributed by atoms with Crippen LogP contribution in [-0.4, -0.2) is 15.4 Å². The van der Waals surface area contributed by atoms with E-state index in [9.17, 15) is 0 Å². The van der Waals surface area contributed by atoms with Crippen molar-refractivity contribution in [3.63, 3.8) is 0 Å². The van der Waals surface area contributed by atoms with Crippen molar-refractivity contribution in [2.45, 2.75) is 13.0 Å². The van der Waals surface area contributed by atoms with Gasteiger partial charge in [-0.2, -0.15) is 0 Å². The minimum Gasteiger partial charge on any atom is -0.412 e. The zero-order valence-electron chi connectivity index (χ0n) is 13.8. The highest BCUT2D eigenvalue weighted by molar-refractivity contribution is 6.00. The summed E-state index contributed by atoms with van der Waals surface area (Å²) in [6, 6.07) is 23.2. The number of rotatable bonds is 3. The van der Waals surface area contributed by atoms with Crippen molar-refractivity contribution in [1.82, 2.24) is 9.97 Å². The average Bonchev–Trinajstić information content (AvgIpc) is 2.61. The molecule has 4 rings (SSSR count). The van der Waals surface area contributed by atoms with E-state index in [1.165, 1.54) is 16.3 Å². The predicted octanol–water partition coefficient (Wildman–Crippen LogP) is 4.55. The molecule has 0 aliphatic rings. The molecule has 5 heteroatoms. The standard InChI is InChI=1S/C20H17N3.ClH.H2O/c1-14(15-7-3-2-4-8-15)23-20-18-11-16-9-5-6-10-17(16)12-19(18)21-13-22-20;;/h2-14H,1H3,(H,21,22,23);1H;1H2/t14-;;/m1../s1. The average molecular weight is 354 g/mol. The van der Waals surface area contributed by atoms with E-state index in [1.807, 2.05) is 12.1 Å². The third-order valence-electron chi connectivity index (χ3n) is 4.16. The van der Waals surface area contributed by atoms with E-state index in [0.29, 0.717) is 0 Å².